The number of nitrogens with one attached hydrogen (secondary N) is 1. The van der Waals surface area contributed by atoms with E-state index in [2.05, 4.69) is 5.32 Å². The summed E-state index contributed by atoms with van der Waals surface area (Å²) in [6, 6.07) is 6.25. The van der Waals surface area contributed by atoms with Crippen molar-refractivity contribution in [1.29, 1.82) is 0 Å². The predicted octanol–water partition coefficient (Wildman–Crippen LogP) is 1.40. The van der Waals surface area contributed by atoms with Crippen LogP contribution in [0.1, 0.15) is 45.1 Å². The topological polar surface area (TPSA) is 136 Å². The number of hydrogen-bond acceptors (Lipinski definition) is 6. The molecule has 6 N–H and O–H groups in total. The third-order valence-electron chi connectivity index (χ3n) is 4.93. The number of hydrogen-bond donors (Lipinski definition) is 4. The molecule has 29 heavy (non-hydrogen) atoms. The van der Waals surface area contributed by atoms with Gasteiger partial charge in [-0.05, 0) is 31.2 Å². The number of ketones is 2. The van der Waals surface area contributed by atoms with Crippen molar-refractivity contribution in [3.8, 4) is 0 Å². The average Bonchev–Trinajstić information content (AvgIpc) is 2.68. The van der Waals surface area contributed by atoms with E-state index in [9.17, 15) is 19.5 Å². The number of nitrogens with two attached hydrogens (primary N) is 2. The van der Waals surface area contributed by atoms with Crippen LogP contribution in [0.15, 0.2) is 24.3 Å². The summed E-state index contributed by atoms with van der Waals surface area (Å²) >= 11 is 5.90. The number of carbonyl (C=O) groups is 3. The first-order valence-electron chi connectivity index (χ1n) is 9.80. The first-order chi connectivity index (χ1) is 13.6. The second-order valence-corrected chi connectivity index (χ2v) is 8.07. The van der Waals surface area contributed by atoms with Gasteiger partial charge in [-0.25, -0.2) is 0 Å². The van der Waals surface area contributed by atoms with Crippen molar-refractivity contribution in [3.05, 3.63) is 34.9 Å². The lowest BCUT2D eigenvalue weighted by Gasteiger charge is -2.24. The molecule has 0 saturated heterocycles. The molecule has 1 rings (SSSR count). The summed E-state index contributed by atoms with van der Waals surface area (Å²) in [4.78, 5) is 37.4. The van der Waals surface area contributed by atoms with Gasteiger partial charge in [-0.3, -0.25) is 14.4 Å². The van der Waals surface area contributed by atoms with E-state index in [0.717, 1.165) is 5.56 Å². The van der Waals surface area contributed by atoms with Crippen LogP contribution in [0.4, 0.5) is 0 Å². The van der Waals surface area contributed by atoms with Crippen LogP contribution in [0.5, 0.6) is 0 Å². The molecule has 0 radical (unpaired) electrons. The number of benzene rings is 1. The van der Waals surface area contributed by atoms with E-state index in [1.54, 1.807) is 26.0 Å². The van der Waals surface area contributed by atoms with E-state index in [4.69, 9.17) is 23.1 Å². The maximum absolute atomic E-state index is 12.6. The van der Waals surface area contributed by atoms with Crippen molar-refractivity contribution >= 4 is 29.1 Å². The molecule has 0 saturated carbocycles. The molecule has 7 nitrogen and oxygen atoms in total. The third kappa shape index (κ3) is 7.85. The second-order valence-electron chi connectivity index (χ2n) is 7.63. The van der Waals surface area contributed by atoms with Gasteiger partial charge in [-0.2, -0.15) is 0 Å². The molecule has 0 aliphatic rings. The van der Waals surface area contributed by atoms with Crippen molar-refractivity contribution in [2.45, 2.75) is 51.7 Å². The van der Waals surface area contributed by atoms with Gasteiger partial charge in [0, 0.05) is 36.2 Å². The number of aliphatic hydroxyl groups excluding tert-OH is 1. The van der Waals surface area contributed by atoms with Crippen molar-refractivity contribution in [1.82, 2.24) is 5.32 Å². The van der Waals surface area contributed by atoms with E-state index >= 15 is 0 Å². The summed E-state index contributed by atoms with van der Waals surface area (Å²) in [7, 11) is 0. The fourth-order valence-corrected chi connectivity index (χ4v) is 3.21. The van der Waals surface area contributed by atoms with Crippen LogP contribution in [-0.2, 0) is 14.4 Å². The summed E-state index contributed by atoms with van der Waals surface area (Å²) in [5, 5.41) is 13.2. The highest BCUT2D eigenvalue weighted by molar-refractivity contribution is 6.30. The van der Waals surface area contributed by atoms with Gasteiger partial charge in [0.05, 0.1) is 18.1 Å². The Morgan fingerprint density at radius 2 is 1.62 bits per heavy atom. The highest BCUT2D eigenvalue weighted by atomic mass is 35.5. The molecule has 4 atom stereocenters. The maximum atomic E-state index is 12.6. The van der Waals surface area contributed by atoms with Gasteiger partial charge in [0.25, 0.3) is 0 Å². The summed E-state index contributed by atoms with van der Waals surface area (Å²) < 4.78 is 0. The molecule has 0 fully saturated rings. The summed E-state index contributed by atoms with van der Waals surface area (Å²) in [5.74, 6) is -2.43. The third-order valence-corrected chi connectivity index (χ3v) is 5.18. The zero-order valence-electron chi connectivity index (χ0n) is 17.2. The lowest BCUT2D eigenvalue weighted by Crippen LogP contribution is -2.51. The number of halogens is 1. The van der Waals surface area contributed by atoms with E-state index in [-0.39, 0.29) is 49.3 Å². The molecule has 1 amide bonds. The highest BCUT2D eigenvalue weighted by Crippen LogP contribution is 2.23. The smallest absolute Gasteiger partial charge is 0.226 e. The monoisotopic (exact) mass is 425 g/mol. The van der Waals surface area contributed by atoms with Crippen molar-refractivity contribution in [2.24, 2.45) is 23.3 Å². The fourth-order valence-electron chi connectivity index (χ4n) is 3.09. The Morgan fingerprint density at radius 3 is 2.07 bits per heavy atom. The number of amides is 1. The molecule has 2 unspecified atom stereocenters. The number of Topliss-reactive ketones (excluding diaryl/α,β-unsaturated/α-hetero) is 2. The Morgan fingerprint density at radius 1 is 1.03 bits per heavy atom. The first-order valence-corrected chi connectivity index (χ1v) is 10.2. The van der Waals surface area contributed by atoms with Crippen LogP contribution in [0.25, 0.3) is 0 Å². The molecule has 8 heteroatoms. The minimum absolute atomic E-state index is 0.0466. The number of aliphatic hydroxyl groups is 1. The van der Waals surface area contributed by atoms with E-state index in [1.807, 2.05) is 12.1 Å². The van der Waals surface area contributed by atoms with Crippen molar-refractivity contribution in [3.63, 3.8) is 0 Å². The molecule has 162 valence electrons. The standard InChI is InChI=1S/C21H32ClN3O4/c1-12(2)20(28)19(11-24)25-21(29)18(13(3)26)9-17(27)8-15(10-23)14-4-6-16(22)7-5-14/h4-7,12-13,15,18-19,26H,8-11,23-24H2,1-3H3,(H,25,29)/t13?,15?,18-,19-/m0/s1. The van der Waals surface area contributed by atoms with Crippen LogP contribution in [0.2, 0.25) is 5.02 Å². The molecule has 0 bridgehead atoms. The van der Waals surface area contributed by atoms with E-state index < -0.39 is 24.0 Å². The van der Waals surface area contributed by atoms with Gasteiger partial charge in [0.15, 0.2) is 5.78 Å². The van der Waals surface area contributed by atoms with E-state index in [1.165, 1.54) is 6.92 Å². The lowest BCUT2D eigenvalue weighted by atomic mass is 9.88. The minimum Gasteiger partial charge on any atom is -0.393 e. The number of carbonyl (C=O) groups excluding carboxylic acids is 3. The fraction of sp³-hybridized carbons (Fsp3) is 0.571. The molecule has 0 heterocycles. The van der Waals surface area contributed by atoms with Crippen LogP contribution in [0.3, 0.4) is 0 Å². The van der Waals surface area contributed by atoms with Gasteiger partial charge in [-0.1, -0.05) is 37.6 Å². The Hall–Kier alpha value is -1.80. The van der Waals surface area contributed by atoms with Gasteiger partial charge >= 0.3 is 0 Å². The highest BCUT2D eigenvalue weighted by Gasteiger charge is 2.31. The molecule has 0 spiro atoms. The van der Waals surface area contributed by atoms with Crippen molar-refractivity contribution < 1.29 is 19.5 Å². The average molecular weight is 426 g/mol. The molecule has 1 aromatic rings. The number of rotatable bonds is 12. The largest absolute Gasteiger partial charge is 0.393 e. The molecule has 0 aliphatic carbocycles. The van der Waals surface area contributed by atoms with Crippen LogP contribution < -0.4 is 16.8 Å². The van der Waals surface area contributed by atoms with Crippen molar-refractivity contribution in [2.75, 3.05) is 13.1 Å². The predicted molar refractivity (Wildman–Crippen MR) is 113 cm³/mol. The first kappa shape index (κ1) is 25.2. The summed E-state index contributed by atoms with van der Waals surface area (Å²) in [6.45, 7) is 5.10. The quantitative estimate of drug-likeness (QED) is 0.399. The molecule has 0 aromatic heterocycles. The van der Waals surface area contributed by atoms with Crippen LogP contribution in [-0.4, -0.2) is 47.8 Å². The zero-order valence-corrected chi connectivity index (χ0v) is 18.0. The minimum atomic E-state index is -1.06. The Bertz CT molecular complexity index is 692. The van der Waals surface area contributed by atoms with E-state index in [0.29, 0.717) is 5.02 Å². The van der Waals surface area contributed by atoms with Crippen LogP contribution >= 0.6 is 11.6 Å². The zero-order chi connectivity index (χ0) is 22.1. The SMILES string of the molecule is CC(C)C(=O)[C@H](CN)NC(=O)[C@@H](CC(=O)CC(CN)c1ccc(Cl)cc1)C(C)O. The van der Waals surface area contributed by atoms with Crippen LogP contribution in [0, 0.1) is 11.8 Å². The molecular formula is C21H32ClN3O4. The normalized spacial score (nSPS) is 15.4. The van der Waals surface area contributed by atoms with Gasteiger partial charge in [0.1, 0.15) is 5.78 Å². The Labute approximate surface area is 177 Å². The second kappa shape index (κ2) is 12.0. The van der Waals surface area contributed by atoms with Gasteiger partial charge < -0.3 is 21.9 Å². The Balaban J connectivity index is 2.81. The molecular weight excluding hydrogens is 394 g/mol. The van der Waals surface area contributed by atoms with Gasteiger partial charge in [0.2, 0.25) is 5.91 Å². The maximum Gasteiger partial charge on any atom is 0.226 e. The summed E-state index contributed by atoms with van der Waals surface area (Å²) in [5.41, 5.74) is 12.3. The summed E-state index contributed by atoms with van der Waals surface area (Å²) in [6.07, 6.45) is -1.07. The van der Waals surface area contributed by atoms with Gasteiger partial charge in [-0.15, -0.1) is 0 Å². The lowest BCUT2D eigenvalue weighted by molar-refractivity contribution is -0.136. The molecule has 1 aromatic carbocycles. The Kier molecular flexibility index (Phi) is 10.5. The molecule has 0 aliphatic heterocycles.